The van der Waals surface area contributed by atoms with E-state index in [1.54, 1.807) is 31.2 Å². The van der Waals surface area contributed by atoms with Crippen molar-refractivity contribution in [3.63, 3.8) is 0 Å². The quantitative estimate of drug-likeness (QED) is 0.879. The van der Waals surface area contributed by atoms with Crippen LogP contribution in [0.2, 0.25) is 5.02 Å². The molecule has 1 rings (SSSR count). The van der Waals surface area contributed by atoms with Crippen LogP contribution in [0.5, 0.6) is 0 Å². The summed E-state index contributed by atoms with van der Waals surface area (Å²) in [6.07, 6.45) is -3.97. The first-order valence-electron chi connectivity index (χ1n) is 5.53. The van der Waals surface area contributed by atoms with Gasteiger partial charge in [0.15, 0.2) is 0 Å². The van der Waals surface area contributed by atoms with Crippen LogP contribution in [0.25, 0.3) is 0 Å². The molecule has 18 heavy (non-hydrogen) atoms. The molecule has 0 saturated heterocycles. The van der Waals surface area contributed by atoms with Gasteiger partial charge < -0.3 is 5.73 Å². The Labute approximate surface area is 114 Å². The van der Waals surface area contributed by atoms with E-state index in [2.05, 4.69) is 0 Å². The Morgan fingerprint density at radius 1 is 1.28 bits per heavy atom. The zero-order chi connectivity index (χ0) is 13.8. The molecular weight excluding hydrogens is 283 g/mol. The first-order chi connectivity index (χ1) is 8.34. The van der Waals surface area contributed by atoms with Crippen LogP contribution in [-0.2, 0) is 5.75 Å². The molecule has 0 bridgehead atoms. The Morgan fingerprint density at radius 3 is 2.28 bits per heavy atom. The fourth-order valence-electron chi connectivity index (χ4n) is 1.44. The van der Waals surface area contributed by atoms with E-state index >= 15 is 0 Å². The number of halogens is 4. The minimum atomic E-state index is -4.27. The van der Waals surface area contributed by atoms with Crippen molar-refractivity contribution in [2.24, 2.45) is 5.73 Å². The molecule has 2 atom stereocenters. The van der Waals surface area contributed by atoms with Crippen molar-refractivity contribution in [2.75, 3.05) is 0 Å². The molecule has 0 amide bonds. The van der Waals surface area contributed by atoms with Gasteiger partial charge in [-0.1, -0.05) is 30.7 Å². The Morgan fingerprint density at radius 2 is 1.83 bits per heavy atom. The standard InChI is InChI=1S/C12H15ClF3NS/c1-2-10(17)11(12(14,15)16)18-7-8-3-5-9(13)6-4-8/h3-6,10-11H,2,7,17H2,1H3. The van der Waals surface area contributed by atoms with Gasteiger partial charge in [-0.3, -0.25) is 0 Å². The molecule has 0 radical (unpaired) electrons. The number of benzene rings is 1. The Hall–Kier alpha value is -0.390. The molecule has 2 N–H and O–H groups in total. The Bertz CT molecular complexity index is 367. The van der Waals surface area contributed by atoms with E-state index in [4.69, 9.17) is 17.3 Å². The van der Waals surface area contributed by atoms with Crippen molar-refractivity contribution in [1.29, 1.82) is 0 Å². The summed E-state index contributed by atoms with van der Waals surface area (Å²) in [7, 11) is 0. The lowest BCUT2D eigenvalue weighted by molar-refractivity contribution is -0.132. The van der Waals surface area contributed by atoms with Crippen molar-refractivity contribution in [1.82, 2.24) is 0 Å². The summed E-state index contributed by atoms with van der Waals surface area (Å²) in [5.74, 6) is 0.273. The van der Waals surface area contributed by atoms with Crippen LogP contribution in [0.4, 0.5) is 13.2 Å². The van der Waals surface area contributed by atoms with Gasteiger partial charge in [-0.15, -0.1) is 11.8 Å². The molecular formula is C12H15ClF3NS. The van der Waals surface area contributed by atoms with Crippen molar-refractivity contribution in [2.45, 2.75) is 36.6 Å². The minimum Gasteiger partial charge on any atom is -0.326 e. The highest BCUT2D eigenvalue weighted by molar-refractivity contribution is 7.99. The monoisotopic (exact) mass is 297 g/mol. The second-order valence-electron chi connectivity index (χ2n) is 3.97. The summed E-state index contributed by atoms with van der Waals surface area (Å²) in [6, 6.07) is 5.90. The van der Waals surface area contributed by atoms with Gasteiger partial charge in [0.25, 0.3) is 0 Å². The van der Waals surface area contributed by atoms with E-state index in [1.165, 1.54) is 0 Å². The summed E-state index contributed by atoms with van der Waals surface area (Å²) >= 11 is 6.54. The van der Waals surface area contributed by atoms with Crippen LogP contribution in [0, 0.1) is 0 Å². The molecule has 1 nitrogen and oxygen atoms in total. The third-order valence-corrected chi connectivity index (χ3v) is 4.25. The van der Waals surface area contributed by atoms with Gasteiger partial charge in [0.2, 0.25) is 0 Å². The summed E-state index contributed by atoms with van der Waals surface area (Å²) in [5.41, 5.74) is 6.34. The molecule has 0 fully saturated rings. The van der Waals surface area contributed by atoms with Gasteiger partial charge in [0.1, 0.15) is 5.25 Å². The van der Waals surface area contributed by atoms with E-state index in [9.17, 15) is 13.2 Å². The van der Waals surface area contributed by atoms with E-state index in [-0.39, 0.29) is 5.75 Å². The molecule has 6 heteroatoms. The molecule has 0 aliphatic rings. The average Bonchev–Trinajstić information content (AvgIpc) is 2.29. The first kappa shape index (κ1) is 15.7. The van der Waals surface area contributed by atoms with E-state index in [1.807, 2.05) is 0 Å². The van der Waals surface area contributed by atoms with Crippen LogP contribution >= 0.6 is 23.4 Å². The lowest BCUT2D eigenvalue weighted by Gasteiger charge is -2.24. The molecule has 0 aromatic heterocycles. The summed E-state index contributed by atoms with van der Waals surface area (Å²) in [6.45, 7) is 1.66. The number of rotatable bonds is 5. The van der Waals surface area contributed by atoms with Gasteiger partial charge in [-0.2, -0.15) is 13.2 Å². The molecule has 0 aliphatic heterocycles. The highest BCUT2D eigenvalue weighted by Gasteiger charge is 2.43. The predicted octanol–water partition coefficient (Wildman–Crippen LogP) is 4.24. The Kier molecular flexibility index (Phi) is 5.82. The number of nitrogens with two attached hydrogens (primary N) is 1. The number of alkyl halides is 3. The van der Waals surface area contributed by atoms with Crippen molar-refractivity contribution in [3.05, 3.63) is 34.9 Å². The highest BCUT2D eigenvalue weighted by Crippen LogP contribution is 2.35. The number of hydrogen-bond donors (Lipinski definition) is 1. The summed E-state index contributed by atoms with van der Waals surface area (Å²) < 4.78 is 38.4. The van der Waals surface area contributed by atoms with Crippen LogP contribution in [0.3, 0.4) is 0 Å². The predicted molar refractivity (Wildman–Crippen MR) is 70.9 cm³/mol. The lowest BCUT2D eigenvalue weighted by Crippen LogP contribution is -2.42. The van der Waals surface area contributed by atoms with Crippen LogP contribution in [-0.4, -0.2) is 17.5 Å². The van der Waals surface area contributed by atoms with Crippen LogP contribution in [0.1, 0.15) is 18.9 Å². The maximum atomic E-state index is 12.8. The first-order valence-corrected chi connectivity index (χ1v) is 6.95. The average molecular weight is 298 g/mol. The molecule has 0 saturated carbocycles. The second-order valence-corrected chi connectivity index (χ2v) is 5.54. The van der Waals surface area contributed by atoms with Gasteiger partial charge in [0.05, 0.1) is 0 Å². The van der Waals surface area contributed by atoms with E-state index in [0.29, 0.717) is 11.4 Å². The molecule has 1 aromatic rings. The molecule has 1 aromatic carbocycles. The molecule has 0 heterocycles. The lowest BCUT2D eigenvalue weighted by atomic mass is 10.1. The SMILES string of the molecule is CCC(N)C(SCc1ccc(Cl)cc1)C(F)(F)F. The van der Waals surface area contributed by atoms with Crippen LogP contribution < -0.4 is 5.73 Å². The third kappa shape index (κ3) is 4.71. The minimum absolute atomic E-state index is 0.273. The maximum Gasteiger partial charge on any atom is 0.402 e. The number of hydrogen-bond acceptors (Lipinski definition) is 2. The van der Waals surface area contributed by atoms with Crippen molar-refractivity contribution >= 4 is 23.4 Å². The fraction of sp³-hybridized carbons (Fsp3) is 0.500. The largest absolute Gasteiger partial charge is 0.402 e. The summed E-state index contributed by atoms with van der Waals surface area (Å²) in [4.78, 5) is 0. The van der Waals surface area contributed by atoms with Crippen molar-refractivity contribution in [3.8, 4) is 0 Å². The van der Waals surface area contributed by atoms with Gasteiger partial charge in [-0.05, 0) is 24.1 Å². The Balaban J connectivity index is 2.65. The molecule has 0 spiro atoms. The van der Waals surface area contributed by atoms with Gasteiger partial charge in [-0.25, -0.2) is 0 Å². The zero-order valence-corrected chi connectivity index (χ0v) is 11.4. The van der Waals surface area contributed by atoms with E-state index < -0.39 is 17.5 Å². The van der Waals surface area contributed by atoms with Crippen molar-refractivity contribution < 1.29 is 13.2 Å². The van der Waals surface area contributed by atoms with Gasteiger partial charge >= 0.3 is 6.18 Å². The number of thioether (sulfide) groups is 1. The molecule has 0 aliphatic carbocycles. The fourth-order valence-corrected chi connectivity index (χ4v) is 2.76. The molecule has 102 valence electrons. The third-order valence-electron chi connectivity index (χ3n) is 2.53. The smallest absolute Gasteiger partial charge is 0.326 e. The van der Waals surface area contributed by atoms with E-state index in [0.717, 1.165) is 17.3 Å². The maximum absolute atomic E-state index is 12.8. The summed E-state index contributed by atoms with van der Waals surface area (Å²) in [5, 5.41) is -0.959. The highest BCUT2D eigenvalue weighted by atomic mass is 35.5. The zero-order valence-electron chi connectivity index (χ0n) is 9.88. The van der Waals surface area contributed by atoms with Gasteiger partial charge in [0, 0.05) is 16.8 Å². The topological polar surface area (TPSA) is 26.0 Å². The molecule has 2 unspecified atom stereocenters. The second kappa shape index (κ2) is 6.68. The normalized spacial score (nSPS) is 15.4. The van der Waals surface area contributed by atoms with Crippen LogP contribution in [0.15, 0.2) is 24.3 Å².